The van der Waals surface area contributed by atoms with E-state index in [0.717, 1.165) is 0 Å². The summed E-state index contributed by atoms with van der Waals surface area (Å²) in [6.07, 6.45) is -2.51. The molecule has 2 N–H and O–H groups in total. The molecule has 138 valence electrons. The quantitative estimate of drug-likeness (QED) is 0.780. The second-order valence-corrected chi connectivity index (χ2v) is 14.7. The predicted octanol–water partition coefficient (Wildman–Crippen LogP) is 4.26. The Morgan fingerprint density at radius 1 is 1.17 bits per heavy atom. The summed E-state index contributed by atoms with van der Waals surface area (Å²) >= 11 is 0. The van der Waals surface area contributed by atoms with E-state index in [9.17, 15) is 13.0 Å². The summed E-state index contributed by atoms with van der Waals surface area (Å²) < 4.78 is 43.8. The van der Waals surface area contributed by atoms with Crippen molar-refractivity contribution in [2.45, 2.75) is 56.3 Å². The van der Waals surface area contributed by atoms with Gasteiger partial charge in [-0.3, -0.25) is 8.93 Å². The van der Waals surface area contributed by atoms with Gasteiger partial charge in [-0.1, -0.05) is 32.9 Å². The summed E-state index contributed by atoms with van der Waals surface area (Å²) in [6, 6.07) is 5.20. The van der Waals surface area contributed by atoms with Crippen LogP contribution in [0.15, 0.2) is 33.2 Å². The average molecular weight is 378 g/mol. The Balaban J connectivity index is 3.28. The SMILES string of the molecule is CN(C)C(c1ccc(S(N)(=O)=N[Si](C)(C)C(C)(C)C)cc1)C(F)F. The Bertz CT molecular complexity index is 668. The van der Waals surface area contributed by atoms with Crippen molar-refractivity contribution >= 4 is 18.2 Å². The number of hydrogen-bond acceptors (Lipinski definition) is 3. The first-order valence-electron chi connectivity index (χ1n) is 7.80. The maximum Gasteiger partial charge on any atom is 0.257 e. The molecule has 8 heteroatoms. The zero-order valence-corrected chi connectivity index (χ0v) is 17.3. The Morgan fingerprint density at radius 3 is 1.96 bits per heavy atom. The number of hydrogen-bond donors (Lipinski definition) is 1. The van der Waals surface area contributed by atoms with E-state index in [4.69, 9.17) is 5.14 Å². The third kappa shape index (κ3) is 4.84. The van der Waals surface area contributed by atoms with Crippen LogP contribution in [0.1, 0.15) is 32.4 Å². The van der Waals surface area contributed by atoms with Crippen molar-refractivity contribution in [3.8, 4) is 0 Å². The fourth-order valence-electron chi connectivity index (χ4n) is 2.06. The van der Waals surface area contributed by atoms with Crippen molar-refractivity contribution in [3.63, 3.8) is 0 Å². The zero-order chi connectivity index (χ0) is 18.9. The average Bonchev–Trinajstić information content (AvgIpc) is 2.35. The van der Waals surface area contributed by atoms with Crippen molar-refractivity contribution in [1.82, 2.24) is 4.90 Å². The summed E-state index contributed by atoms with van der Waals surface area (Å²) in [5.41, 5.74) is 0.460. The summed E-state index contributed by atoms with van der Waals surface area (Å²) in [5.74, 6) is 0. The van der Waals surface area contributed by atoms with Gasteiger partial charge in [-0.15, -0.1) is 0 Å². The van der Waals surface area contributed by atoms with E-state index in [0.29, 0.717) is 10.5 Å². The fourth-order valence-corrected chi connectivity index (χ4v) is 6.81. The van der Waals surface area contributed by atoms with Gasteiger partial charge in [0.05, 0.1) is 10.9 Å². The number of nitrogens with two attached hydrogens (primary N) is 1. The maximum atomic E-state index is 13.2. The molecule has 0 heterocycles. The minimum Gasteiger partial charge on any atom is -0.298 e. The molecule has 0 aliphatic rings. The van der Waals surface area contributed by atoms with Gasteiger partial charge in [-0.2, -0.15) is 0 Å². The van der Waals surface area contributed by atoms with Crippen LogP contribution in [0.2, 0.25) is 18.1 Å². The van der Waals surface area contributed by atoms with Gasteiger partial charge in [0.2, 0.25) is 0 Å². The molecule has 0 aliphatic carbocycles. The van der Waals surface area contributed by atoms with Crippen LogP contribution in [0.3, 0.4) is 0 Å². The van der Waals surface area contributed by atoms with Crippen molar-refractivity contribution in [3.05, 3.63) is 29.8 Å². The smallest absolute Gasteiger partial charge is 0.257 e. The van der Waals surface area contributed by atoms with Crippen LogP contribution in [0.5, 0.6) is 0 Å². The van der Waals surface area contributed by atoms with Crippen molar-refractivity contribution in [2.75, 3.05) is 14.1 Å². The molecule has 24 heavy (non-hydrogen) atoms. The number of rotatable bonds is 5. The molecule has 0 saturated carbocycles. The Kier molecular flexibility index (Phi) is 6.35. The van der Waals surface area contributed by atoms with Gasteiger partial charge in [0, 0.05) is 0 Å². The first-order valence-corrected chi connectivity index (χ1v) is 12.3. The van der Waals surface area contributed by atoms with Gasteiger partial charge in [-0.05, 0) is 49.9 Å². The summed E-state index contributed by atoms with van der Waals surface area (Å²) in [6.45, 7) is 10.2. The fraction of sp³-hybridized carbons (Fsp3) is 0.625. The number of nitrogens with zero attached hydrogens (tertiary/aromatic N) is 2. The van der Waals surface area contributed by atoms with Gasteiger partial charge in [0.25, 0.3) is 6.43 Å². The van der Waals surface area contributed by atoms with E-state index < -0.39 is 30.6 Å². The van der Waals surface area contributed by atoms with Crippen molar-refractivity contribution in [1.29, 1.82) is 0 Å². The summed E-state index contributed by atoms with van der Waals surface area (Å²) in [7, 11) is -2.04. The molecule has 0 aliphatic heterocycles. The van der Waals surface area contributed by atoms with E-state index >= 15 is 0 Å². The van der Waals surface area contributed by atoms with Crippen LogP contribution in [0, 0.1) is 0 Å². The number of halogens is 2. The van der Waals surface area contributed by atoms with Crippen molar-refractivity contribution in [2.24, 2.45) is 9.17 Å². The molecule has 0 radical (unpaired) electrons. The molecule has 2 unspecified atom stereocenters. The van der Waals surface area contributed by atoms with E-state index in [1.807, 2.05) is 13.1 Å². The van der Waals surface area contributed by atoms with Crippen LogP contribution in [-0.4, -0.2) is 37.9 Å². The van der Waals surface area contributed by atoms with Crippen molar-refractivity contribution < 1.29 is 13.0 Å². The largest absolute Gasteiger partial charge is 0.298 e. The highest BCUT2D eigenvalue weighted by Crippen LogP contribution is 2.38. The molecule has 4 nitrogen and oxygen atoms in total. The zero-order valence-electron chi connectivity index (χ0n) is 15.5. The minimum absolute atomic E-state index is 0.0827. The lowest BCUT2D eigenvalue weighted by atomic mass is 10.1. The molecule has 1 rings (SSSR count). The summed E-state index contributed by atoms with van der Waals surface area (Å²) in [5, 5.41) is 5.92. The van der Waals surface area contributed by atoms with Gasteiger partial charge >= 0.3 is 0 Å². The lowest BCUT2D eigenvalue weighted by molar-refractivity contribution is 0.0488. The maximum absolute atomic E-state index is 13.2. The third-order valence-electron chi connectivity index (χ3n) is 4.55. The second-order valence-electron chi connectivity index (χ2n) is 7.78. The number of benzene rings is 1. The standard InChI is InChI=1S/C16H29F2N3OSSi/c1-16(2,3)24(6,7)20-23(19,22)13-10-8-12(9-11-13)14(15(17)18)21(4)5/h8-11,14-15H,1-7H3,(H2,19,20,22). The van der Waals surface area contributed by atoms with Gasteiger partial charge in [0.15, 0.2) is 8.24 Å². The molecule has 1 aromatic carbocycles. The minimum atomic E-state index is -3.05. The molecule has 0 fully saturated rings. The van der Waals surface area contributed by atoms with Crippen LogP contribution < -0.4 is 5.14 Å². The molecule has 0 amide bonds. The normalized spacial score (nSPS) is 17.0. The third-order valence-corrected chi connectivity index (χ3v) is 12.1. The molecule has 0 aromatic heterocycles. The second kappa shape index (κ2) is 7.19. The topological polar surface area (TPSA) is 58.7 Å². The van der Waals surface area contributed by atoms with E-state index in [-0.39, 0.29) is 5.04 Å². The first-order chi connectivity index (χ1) is 10.7. The van der Waals surface area contributed by atoms with E-state index in [1.54, 1.807) is 38.4 Å². The highest BCUT2D eigenvalue weighted by atomic mass is 32.2. The van der Waals surface area contributed by atoms with Crippen LogP contribution >= 0.6 is 0 Å². The van der Waals surface area contributed by atoms with E-state index in [2.05, 4.69) is 24.8 Å². The summed E-state index contributed by atoms with van der Waals surface area (Å²) in [4.78, 5) is 1.84. The lowest BCUT2D eigenvalue weighted by Crippen LogP contribution is -2.37. The van der Waals surface area contributed by atoms with Gasteiger partial charge < -0.3 is 0 Å². The monoisotopic (exact) mass is 377 g/mol. The van der Waals surface area contributed by atoms with E-state index in [1.165, 1.54) is 4.90 Å². The Hall–Kier alpha value is -0.833. The highest BCUT2D eigenvalue weighted by molar-refractivity contribution is 7.92. The molecule has 1 aromatic rings. The Labute approximate surface area is 145 Å². The van der Waals surface area contributed by atoms with Gasteiger partial charge in [0.1, 0.15) is 9.92 Å². The van der Waals surface area contributed by atoms with Crippen LogP contribution in [0.25, 0.3) is 0 Å². The highest BCUT2D eigenvalue weighted by Gasteiger charge is 2.37. The molecule has 0 saturated heterocycles. The predicted molar refractivity (Wildman–Crippen MR) is 99.1 cm³/mol. The first kappa shape index (κ1) is 21.2. The van der Waals surface area contributed by atoms with Crippen LogP contribution in [-0.2, 0) is 9.92 Å². The van der Waals surface area contributed by atoms with Gasteiger partial charge in [-0.25, -0.2) is 18.1 Å². The number of alkyl halides is 2. The molecular formula is C16H29F2N3OSSi. The molecule has 0 bridgehead atoms. The molecule has 2 atom stereocenters. The van der Waals surface area contributed by atoms with Crippen LogP contribution in [0.4, 0.5) is 8.78 Å². The molecular weight excluding hydrogens is 348 g/mol. The Morgan fingerprint density at radius 2 is 1.62 bits per heavy atom. The lowest BCUT2D eigenvalue weighted by Gasteiger charge is -2.32. The molecule has 0 spiro atoms.